The molecule has 0 radical (unpaired) electrons. The average molecular weight is 323 g/mol. The molecule has 3 aromatic rings. The third-order valence-corrected chi connectivity index (χ3v) is 4.97. The van der Waals surface area contributed by atoms with Crippen LogP contribution in [-0.4, -0.2) is 19.8 Å². The fourth-order valence-electron chi connectivity index (χ4n) is 2.92. The summed E-state index contributed by atoms with van der Waals surface area (Å²) in [7, 11) is 4.07. The van der Waals surface area contributed by atoms with Crippen molar-refractivity contribution in [3.63, 3.8) is 0 Å². The van der Waals surface area contributed by atoms with E-state index in [4.69, 9.17) is 11.5 Å². The summed E-state index contributed by atoms with van der Waals surface area (Å²) < 4.78 is 2.11. The molecule has 1 aromatic heterocycles. The van der Waals surface area contributed by atoms with E-state index in [1.165, 1.54) is 0 Å². The number of hydrogen-bond donors (Lipinski definition) is 0. The Balaban J connectivity index is 2.16. The van der Waals surface area contributed by atoms with Gasteiger partial charge in [-0.05, 0) is 0 Å². The Bertz CT molecular complexity index is 719. The minimum Gasteiger partial charge on any atom is -0.405 e. The van der Waals surface area contributed by atoms with Gasteiger partial charge >= 0.3 is 5.70 Å². The number of rotatable bonds is 4. The molecule has 23 heavy (non-hydrogen) atoms. The van der Waals surface area contributed by atoms with Crippen molar-refractivity contribution in [1.29, 1.82) is 0 Å². The summed E-state index contributed by atoms with van der Waals surface area (Å²) in [4.78, 5) is 2.08. The highest BCUT2D eigenvalue weighted by Crippen LogP contribution is 2.11. The predicted molar refractivity (Wildman–Crippen MR) is 100 cm³/mol. The van der Waals surface area contributed by atoms with Gasteiger partial charge in [-0.15, -0.1) is 10.9 Å². The van der Waals surface area contributed by atoms with Gasteiger partial charge in [0.1, 0.15) is 12.4 Å². The van der Waals surface area contributed by atoms with Gasteiger partial charge in [-0.1, -0.05) is 60.7 Å². The molecule has 0 spiro atoms. The quantitative estimate of drug-likeness (QED) is 0.669. The van der Waals surface area contributed by atoms with Crippen molar-refractivity contribution in [2.24, 2.45) is 0 Å². The second-order valence-corrected chi connectivity index (χ2v) is 6.57. The van der Waals surface area contributed by atoms with Crippen LogP contribution in [0.15, 0.2) is 85.2 Å². The molecule has 0 unspecified atom stereocenters. The lowest BCUT2D eigenvalue weighted by atomic mass is 9.48. The van der Waals surface area contributed by atoms with Gasteiger partial charge in [0, 0.05) is 31.9 Å². The van der Waals surface area contributed by atoms with E-state index >= 15 is 0 Å². The average Bonchev–Trinajstić information content (AvgIpc) is 2.62. The maximum atomic E-state index is 7.26. The van der Waals surface area contributed by atoms with Crippen LogP contribution in [0.25, 0.3) is 0 Å². The van der Waals surface area contributed by atoms with Crippen molar-refractivity contribution in [2.75, 3.05) is 19.0 Å². The molecule has 0 fully saturated rings. The minimum absolute atomic E-state index is 1.10. The molecule has 0 aliphatic rings. The molecule has 116 valence electrons. The Morgan fingerprint density at radius 3 is 1.57 bits per heavy atom. The zero-order valence-electron chi connectivity index (χ0n) is 13.4. The molecular weight excluding hydrogens is 302 g/mol. The van der Waals surface area contributed by atoms with Crippen LogP contribution in [0.4, 0.5) is 5.69 Å². The van der Waals surface area contributed by atoms with Crippen LogP contribution in [0, 0.1) is 0 Å². The lowest BCUT2D eigenvalue weighted by Gasteiger charge is -2.30. The van der Waals surface area contributed by atoms with Gasteiger partial charge in [0.25, 0.3) is 0 Å². The number of halogens is 1. The van der Waals surface area contributed by atoms with Crippen molar-refractivity contribution in [3.8, 4) is 0 Å². The molecule has 0 saturated carbocycles. The van der Waals surface area contributed by atoms with E-state index in [1.54, 1.807) is 0 Å². The highest BCUT2D eigenvalue weighted by molar-refractivity contribution is 7.29. The van der Waals surface area contributed by atoms with Crippen LogP contribution in [0.1, 0.15) is 0 Å². The first kappa shape index (κ1) is 15.6. The van der Waals surface area contributed by atoms with Crippen LogP contribution < -0.4 is 20.3 Å². The minimum atomic E-state index is -1.58. The summed E-state index contributed by atoms with van der Waals surface area (Å²) in [5.41, 5.74) is 1.77. The van der Waals surface area contributed by atoms with Gasteiger partial charge in [-0.25, -0.2) is 0 Å². The van der Waals surface area contributed by atoms with Crippen molar-refractivity contribution in [1.82, 2.24) is 0 Å². The molecule has 2 nitrogen and oxygen atoms in total. The Hall–Kier alpha value is -2.26. The number of anilines is 1. The van der Waals surface area contributed by atoms with Gasteiger partial charge in [0.2, 0.25) is 0 Å². The summed E-state index contributed by atoms with van der Waals surface area (Å²) in [5.74, 6) is 0. The van der Waals surface area contributed by atoms with E-state index in [2.05, 4.69) is 58.2 Å². The molecule has 1 heterocycles. The third kappa shape index (κ3) is 2.97. The maximum absolute atomic E-state index is 7.26. The van der Waals surface area contributed by atoms with Gasteiger partial charge in [0.15, 0.2) is 0 Å². The van der Waals surface area contributed by atoms with Gasteiger partial charge in [-0.3, -0.25) is 11.5 Å². The molecule has 0 aliphatic carbocycles. The van der Waals surface area contributed by atoms with Crippen molar-refractivity contribution in [2.45, 2.75) is 0 Å². The number of aromatic nitrogens is 1. The summed E-state index contributed by atoms with van der Waals surface area (Å²) in [6.07, 6.45) is 4.12. The van der Waals surface area contributed by atoms with Crippen molar-refractivity contribution in [3.05, 3.63) is 85.2 Å². The fourth-order valence-corrected chi connectivity index (χ4v) is 3.34. The number of hydrogen-bond acceptors (Lipinski definition) is 1. The smallest absolute Gasteiger partial charge is 0.405 e. The molecule has 0 atom stereocenters. The van der Waals surface area contributed by atoms with Crippen LogP contribution in [0.5, 0.6) is 0 Å². The lowest BCUT2D eigenvalue weighted by Crippen LogP contribution is -2.74. The largest absolute Gasteiger partial charge is 0.416 e. The second-order valence-electron chi connectivity index (χ2n) is 5.94. The van der Waals surface area contributed by atoms with Crippen molar-refractivity contribution >= 4 is 33.8 Å². The van der Waals surface area contributed by atoms with Crippen LogP contribution in [0.2, 0.25) is 0 Å². The number of pyridine rings is 1. The Kier molecular flexibility index (Phi) is 4.40. The van der Waals surface area contributed by atoms with E-state index in [9.17, 15) is 0 Å². The van der Waals surface area contributed by atoms with Crippen LogP contribution in [-0.2, 0) is 0 Å². The standard InChI is InChI=1S/C19H20BClN2/c1-22(2)19-13-15-23(16-14-19)20(21,17-9-5-3-6-10-17)18-11-7-4-8-12-18/h3-16H,1-2H3. The molecule has 0 N–H and O–H groups in total. The van der Waals surface area contributed by atoms with Gasteiger partial charge < -0.3 is 9.38 Å². The monoisotopic (exact) mass is 322 g/mol. The summed E-state index contributed by atoms with van der Waals surface area (Å²) in [6, 6.07) is 24.7. The first-order valence-corrected chi connectivity index (χ1v) is 8.19. The molecule has 0 aliphatic heterocycles. The van der Waals surface area contributed by atoms with E-state index in [0.29, 0.717) is 0 Å². The molecule has 0 amide bonds. The topological polar surface area (TPSA) is 7.12 Å². The van der Waals surface area contributed by atoms with E-state index in [-0.39, 0.29) is 0 Å². The van der Waals surface area contributed by atoms with E-state index in [1.807, 2.05) is 50.5 Å². The number of benzene rings is 2. The second kappa shape index (κ2) is 6.47. The van der Waals surface area contributed by atoms with Crippen LogP contribution in [0.3, 0.4) is 0 Å². The number of nitrogens with zero attached hydrogens (tertiary/aromatic N) is 2. The molecular formula is C19H20BClN2. The molecule has 2 aromatic carbocycles. The highest BCUT2D eigenvalue weighted by atomic mass is 35.5. The van der Waals surface area contributed by atoms with Gasteiger partial charge in [0.05, 0.1) is 0 Å². The predicted octanol–water partition coefficient (Wildman–Crippen LogP) is 2.38. The maximum Gasteiger partial charge on any atom is 0.416 e. The Labute approximate surface area is 142 Å². The zero-order chi connectivity index (χ0) is 16.3. The summed E-state index contributed by atoms with van der Waals surface area (Å²) in [5, 5.41) is 0. The molecule has 4 heteroatoms. The van der Waals surface area contributed by atoms with Crippen LogP contribution >= 0.6 is 11.5 Å². The molecule has 3 rings (SSSR count). The molecule has 0 saturated heterocycles. The Morgan fingerprint density at radius 2 is 1.17 bits per heavy atom. The highest BCUT2D eigenvalue weighted by Gasteiger charge is 2.37. The summed E-state index contributed by atoms with van der Waals surface area (Å²) >= 11 is 7.26. The zero-order valence-corrected chi connectivity index (χ0v) is 14.2. The van der Waals surface area contributed by atoms with Crippen molar-refractivity contribution < 1.29 is 4.48 Å². The normalized spacial score (nSPS) is 11.3. The Morgan fingerprint density at radius 1 is 0.739 bits per heavy atom. The van der Waals surface area contributed by atoms with Gasteiger partial charge in [-0.2, -0.15) is 0 Å². The summed E-state index contributed by atoms with van der Waals surface area (Å²) in [6.45, 7) is 0. The van der Waals surface area contributed by atoms with E-state index < -0.39 is 5.70 Å². The fraction of sp³-hybridized carbons (Fsp3) is 0.105. The first-order chi connectivity index (χ1) is 11.1. The van der Waals surface area contributed by atoms with E-state index in [0.717, 1.165) is 16.6 Å². The SMILES string of the molecule is CN(C)c1cc[n+]([B-](Cl)(c2ccccc2)c2ccccc2)cc1. The first-order valence-electron chi connectivity index (χ1n) is 7.75. The molecule has 0 bridgehead atoms. The lowest BCUT2D eigenvalue weighted by molar-refractivity contribution is -0.537. The third-order valence-electron chi connectivity index (χ3n) is 4.24.